The molecule has 0 heteroatoms. The number of hydrogen-bond donors (Lipinski definition) is 0. The van der Waals surface area contributed by atoms with Crippen LogP contribution in [-0.2, 0) is 0 Å². The Kier molecular flexibility index (Phi) is 1.41. The van der Waals surface area contributed by atoms with Crippen molar-refractivity contribution in [3.05, 3.63) is 11.1 Å². The smallest absolute Gasteiger partial charge is 0.0226 e. The molecule has 0 spiro atoms. The number of rotatable bonds is 0. The van der Waals surface area contributed by atoms with E-state index in [9.17, 15) is 0 Å². The summed E-state index contributed by atoms with van der Waals surface area (Å²) in [7, 11) is 0. The molecule has 1 saturated carbocycles. The molecule has 0 N–H and O–H groups in total. The second-order valence-electron chi connectivity index (χ2n) is 2.96. The first-order chi connectivity index (χ1) is 3.72. The van der Waals surface area contributed by atoms with Gasteiger partial charge in [-0.05, 0) is 32.6 Å². The van der Waals surface area contributed by atoms with E-state index >= 15 is 0 Å². The molecule has 1 aliphatic rings. The van der Waals surface area contributed by atoms with E-state index in [1.165, 1.54) is 12.8 Å². The molecule has 0 aromatic carbocycles. The first kappa shape index (κ1) is 5.87. The van der Waals surface area contributed by atoms with Gasteiger partial charge in [0.1, 0.15) is 0 Å². The second-order valence-corrected chi connectivity index (χ2v) is 2.96. The molecule has 0 aromatic rings. The molecule has 1 fully saturated rings. The van der Waals surface area contributed by atoms with Gasteiger partial charge in [0.05, 0.1) is 0 Å². The third-order valence-corrected chi connectivity index (χ3v) is 2.08. The molecule has 8 heavy (non-hydrogen) atoms. The van der Waals surface area contributed by atoms with Gasteiger partial charge in [0, 0.05) is 0 Å². The second kappa shape index (κ2) is 1.93. The van der Waals surface area contributed by atoms with Crippen molar-refractivity contribution in [1.29, 1.82) is 0 Å². The third-order valence-electron chi connectivity index (χ3n) is 2.08. The molecule has 0 saturated heterocycles. The van der Waals surface area contributed by atoms with Crippen molar-refractivity contribution in [2.75, 3.05) is 0 Å². The summed E-state index contributed by atoms with van der Waals surface area (Å²) < 4.78 is 0. The first-order valence-corrected chi connectivity index (χ1v) is 3.38. The molecule has 1 unspecified atom stereocenters. The van der Waals surface area contributed by atoms with E-state index in [1.54, 1.807) is 11.1 Å². The van der Waals surface area contributed by atoms with Gasteiger partial charge in [0.2, 0.25) is 0 Å². The third kappa shape index (κ3) is 0.795. The standard InChI is InChI=1S/C8H14/c1-6(2)8-5-4-7(8)3/h7H,4-5H2,1-3H3. The van der Waals surface area contributed by atoms with E-state index in [4.69, 9.17) is 0 Å². The molecule has 0 aromatic heterocycles. The lowest BCUT2D eigenvalue weighted by molar-refractivity contribution is 0.476. The van der Waals surface area contributed by atoms with Gasteiger partial charge >= 0.3 is 0 Å². The van der Waals surface area contributed by atoms with Crippen LogP contribution in [0.3, 0.4) is 0 Å². The minimum atomic E-state index is 0.903. The van der Waals surface area contributed by atoms with Crippen LogP contribution in [0.1, 0.15) is 33.6 Å². The summed E-state index contributed by atoms with van der Waals surface area (Å²) in [4.78, 5) is 0. The van der Waals surface area contributed by atoms with E-state index in [2.05, 4.69) is 20.8 Å². The predicted molar refractivity (Wildman–Crippen MR) is 36.8 cm³/mol. The molecule has 0 radical (unpaired) electrons. The molecule has 1 aliphatic carbocycles. The molecule has 0 bridgehead atoms. The van der Waals surface area contributed by atoms with E-state index in [0.29, 0.717) is 0 Å². The van der Waals surface area contributed by atoms with Crippen LogP contribution in [0.4, 0.5) is 0 Å². The van der Waals surface area contributed by atoms with E-state index < -0.39 is 0 Å². The van der Waals surface area contributed by atoms with Gasteiger partial charge in [-0.1, -0.05) is 18.1 Å². The lowest BCUT2D eigenvalue weighted by Gasteiger charge is -2.27. The molecular formula is C8H14. The molecule has 0 aliphatic heterocycles. The van der Waals surface area contributed by atoms with Crippen LogP contribution in [0.15, 0.2) is 11.1 Å². The van der Waals surface area contributed by atoms with Gasteiger partial charge in [0.15, 0.2) is 0 Å². The maximum absolute atomic E-state index is 2.31. The van der Waals surface area contributed by atoms with Gasteiger partial charge < -0.3 is 0 Å². The van der Waals surface area contributed by atoms with Crippen molar-refractivity contribution in [2.45, 2.75) is 33.6 Å². The Labute approximate surface area is 51.6 Å². The number of allylic oxidation sites excluding steroid dienone is 2. The molecule has 0 nitrogen and oxygen atoms in total. The van der Waals surface area contributed by atoms with Gasteiger partial charge in [-0.2, -0.15) is 0 Å². The molecule has 46 valence electrons. The Hall–Kier alpha value is -0.260. The quantitative estimate of drug-likeness (QED) is 0.420. The highest BCUT2D eigenvalue weighted by Gasteiger charge is 2.19. The highest BCUT2D eigenvalue weighted by atomic mass is 14.2. The summed E-state index contributed by atoms with van der Waals surface area (Å²) in [6.07, 6.45) is 2.78. The largest absolute Gasteiger partial charge is 0.0770 e. The predicted octanol–water partition coefficient (Wildman–Crippen LogP) is 2.75. The Balaban J connectivity index is 2.60. The zero-order chi connectivity index (χ0) is 6.15. The van der Waals surface area contributed by atoms with Crippen LogP contribution >= 0.6 is 0 Å². The Bertz CT molecular complexity index is 116. The first-order valence-electron chi connectivity index (χ1n) is 3.38. The fraction of sp³-hybridized carbons (Fsp3) is 0.750. The van der Waals surface area contributed by atoms with Crippen molar-refractivity contribution in [2.24, 2.45) is 5.92 Å². The van der Waals surface area contributed by atoms with E-state index in [1.807, 2.05) is 0 Å². The number of hydrogen-bond acceptors (Lipinski definition) is 0. The van der Waals surface area contributed by atoms with Crippen LogP contribution in [0.2, 0.25) is 0 Å². The van der Waals surface area contributed by atoms with Crippen LogP contribution in [-0.4, -0.2) is 0 Å². The van der Waals surface area contributed by atoms with Crippen LogP contribution in [0.5, 0.6) is 0 Å². The summed E-state index contributed by atoms with van der Waals surface area (Å²) in [6.45, 7) is 6.74. The Morgan fingerprint density at radius 3 is 2.12 bits per heavy atom. The highest BCUT2D eigenvalue weighted by molar-refractivity contribution is 5.19. The normalized spacial score (nSPS) is 27.4. The van der Waals surface area contributed by atoms with E-state index in [0.717, 1.165) is 5.92 Å². The average Bonchev–Trinajstić information content (AvgIpc) is 1.61. The summed E-state index contributed by atoms with van der Waals surface area (Å²) in [6, 6.07) is 0. The van der Waals surface area contributed by atoms with Crippen molar-refractivity contribution >= 4 is 0 Å². The van der Waals surface area contributed by atoms with Crippen molar-refractivity contribution < 1.29 is 0 Å². The monoisotopic (exact) mass is 110 g/mol. The lowest BCUT2D eigenvalue weighted by Crippen LogP contribution is -2.12. The summed E-state index contributed by atoms with van der Waals surface area (Å²) >= 11 is 0. The Morgan fingerprint density at radius 2 is 2.12 bits per heavy atom. The Morgan fingerprint density at radius 1 is 1.50 bits per heavy atom. The molecule has 0 amide bonds. The minimum absolute atomic E-state index is 0.903. The topological polar surface area (TPSA) is 0 Å². The molecule has 1 rings (SSSR count). The summed E-state index contributed by atoms with van der Waals surface area (Å²) in [5.74, 6) is 0.903. The maximum Gasteiger partial charge on any atom is -0.0226 e. The zero-order valence-corrected chi connectivity index (χ0v) is 5.99. The SMILES string of the molecule is CC(C)=C1CCC1C. The fourth-order valence-electron chi connectivity index (χ4n) is 1.32. The van der Waals surface area contributed by atoms with Crippen LogP contribution in [0.25, 0.3) is 0 Å². The van der Waals surface area contributed by atoms with Gasteiger partial charge in [-0.3, -0.25) is 0 Å². The van der Waals surface area contributed by atoms with Gasteiger partial charge in [-0.25, -0.2) is 0 Å². The zero-order valence-electron chi connectivity index (χ0n) is 5.99. The lowest BCUT2D eigenvalue weighted by atomic mass is 9.78. The van der Waals surface area contributed by atoms with Crippen LogP contribution in [0, 0.1) is 5.92 Å². The molecule has 0 heterocycles. The fourth-order valence-corrected chi connectivity index (χ4v) is 1.32. The molecular weight excluding hydrogens is 96.1 g/mol. The summed E-state index contributed by atoms with van der Waals surface area (Å²) in [5, 5.41) is 0. The maximum atomic E-state index is 2.31. The molecule has 1 atom stereocenters. The summed E-state index contributed by atoms with van der Waals surface area (Å²) in [5.41, 5.74) is 3.24. The van der Waals surface area contributed by atoms with Crippen molar-refractivity contribution in [3.63, 3.8) is 0 Å². The van der Waals surface area contributed by atoms with Crippen LogP contribution < -0.4 is 0 Å². The highest BCUT2D eigenvalue weighted by Crippen LogP contribution is 2.34. The minimum Gasteiger partial charge on any atom is -0.0770 e. The van der Waals surface area contributed by atoms with Gasteiger partial charge in [0.25, 0.3) is 0 Å². The average molecular weight is 110 g/mol. The van der Waals surface area contributed by atoms with Gasteiger partial charge in [-0.15, -0.1) is 0 Å². The van der Waals surface area contributed by atoms with E-state index in [-0.39, 0.29) is 0 Å². The van der Waals surface area contributed by atoms with Crippen molar-refractivity contribution in [3.8, 4) is 0 Å². The van der Waals surface area contributed by atoms with Crippen molar-refractivity contribution in [1.82, 2.24) is 0 Å².